The molecule has 3 rings (SSSR count). The SMILES string of the molecule is O=S(=O)(Nc1ccc(Nc2c(F)cccc2F)cn1)c1ccccc1Cl. The number of benzene rings is 2. The minimum atomic E-state index is -3.91. The lowest BCUT2D eigenvalue weighted by molar-refractivity contribution is 0.590. The van der Waals surface area contributed by atoms with Gasteiger partial charge in [-0.1, -0.05) is 29.8 Å². The van der Waals surface area contributed by atoms with E-state index in [0.29, 0.717) is 0 Å². The van der Waals surface area contributed by atoms with Crippen molar-refractivity contribution in [2.24, 2.45) is 0 Å². The van der Waals surface area contributed by atoms with Crippen molar-refractivity contribution < 1.29 is 17.2 Å². The number of hydrogen-bond donors (Lipinski definition) is 2. The van der Waals surface area contributed by atoms with Crippen LogP contribution in [0.4, 0.5) is 26.0 Å². The van der Waals surface area contributed by atoms with Gasteiger partial charge in [0.05, 0.1) is 16.9 Å². The fraction of sp³-hybridized carbons (Fsp3) is 0. The van der Waals surface area contributed by atoms with Crippen LogP contribution in [0, 0.1) is 11.6 Å². The zero-order chi connectivity index (χ0) is 18.7. The fourth-order valence-electron chi connectivity index (χ4n) is 2.15. The summed E-state index contributed by atoms with van der Waals surface area (Å²) in [6, 6.07) is 12.3. The van der Waals surface area contributed by atoms with E-state index in [1.54, 1.807) is 12.1 Å². The summed E-state index contributed by atoms with van der Waals surface area (Å²) in [5.41, 5.74) is -0.0339. The van der Waals surface area contributed by atoms with Crippen LogP contribution in [0.3, 0.4) is 0 Å². The molecule has 0 aliphatic carbocycles. The van der Waals surface area contributed by atoms with Crippen LogP contribution in [-0.4, -0.2) is 13.4 Å². The molecule has 0 aliphatic heterocycles. The van der Waals surface area contributed by atoms with Crippen LogP contribution in [0.15, 0.2) is 65.7 Å². The number of halogens is 3. The van der Waals surface area contributed by atoms with Gasteiger partial charge in [0.15, 0.2) is 0 Å². The molecule has 9 heteroatoms. The number of sulfonamides is 1. The molecule has 26 heavy (non-hydrogen) atoms. The van der Waals surface area contributed by atoms with Gasteiger partial charge >= 0.3 is 0 Å². The first-order valence-corrected chi connectivity index (χ1v) is 9.17. The first kappa shape index (κ1) is 18.1. The number of para-hydroxylation sites is 1. The van der Waals surface area contributed by atoms with E-state index in [1.807, 2.05) is 0 Å². The summed E-state index contributed by atoms with van der Waals surface area (Å²) in [6.07, 6.45) is 1.25. The summed E-state index contributed by atoms with van der Waals surface area (Å²) in [5.74, 6) is -1.48. The van der Waals surface area contributed by atoms with E-state index in [0.717, 1.165) is 12.1 Å². The van der Waals surface area contributed by atoms with E-state index < -0.39 is 21.7 Å². The van der Waals surface area contributed by atoms with E-state index in [2.05, 4.69) is 15.0 Å². The van der Waals surface area contributed by atoms with E-state index >= 15 is 0 Å². The largest absolute Gasteiger partial charge is 0.349 e. The molecule has 0 spiro atoms. The molecule has 1 aromatic heterocycles. The lowest BCUT2D eigenvalue weighted by Gasteiger charge is -2.11. The lowest BCUT2D eigenvalue weighted by atomic mass is 10.2. The molecule has 2 aromatic carbocycles. The fourth-order valence-corrected chi connectivity index (χ4v) is 3.67. The zero-order valence-electron chi connectivity index (χ0n) is 13.1. The van der Waals surface area contributed by atoms with E-state index in [-0.39, 0.29) is 27.1 Å². The second-order valence-electron chi connectivity index (χ2n) is 5.19. The van der Waals surface area contributed by atoms with Gasteiger partial charge in [-0.05, 0) is 36.4 Å². The van der Waals surface area contributed by atoms with Crippen molar-refractivity contribution in [1.82, 2.24) is 4.98 Å². The number of anilines is 3. The highest BCUT2D eigenvalue weighted by atomic mass is 35.5. The predicted octanol–water partition coefficient (Wildman–Crippen LogP) is 4.56. The highest BCUT2D eigenvalue weighted by Crippen LogP contribution is 2.25. The van der Waals surface area contributed by atoms with Gasteiger partial charge in [-0.15, -0.1) is 0 Å². The molecule has 0 saturated heterocycles. The molecule has 2 N–H and O–H groups in total. The molecule has 0 aliphatic rings. The average Bonchev–Trinajstić information content (AvgIpc) is 2.60. The van der Waals surface area contributed by atoms with Crippen LogP contribution in [-0.2, 0) is 10.0 Å². The maximum Gasteiger partial charge on any atom is 0.264 e. The van der Waals surface area contributed by atoms with Crippen LogP contribution >= 0.6 is 11.6 Å². The third-order valence-electron chi connectivity index (χ3n) is 3.36. The van der Waals surface area contributed by atoms with Crippen molar-refractivity contribution in [3.63, 3.8) is 0 Å². The van der Waals surface area contributed by atoms with Gasteiger partial charge < -0.3 is 5.32 Å². The maximum absolute atomic E-state index is 13.6. The highest BCUT2D eigenvalue weighted by molar-refractivity contribution is 7.92. The Bertz CT molecular complexity index is 1020. The Balaban J connectivity index is 1.79. The molecule has 0 unspecified atom stereocenters. The number of nitrogens with zero attached hydrogens (tertiary/aromatic N) is 1. The predicted molar refractivity (Wildman–Crippen MR) is 96.1 cm³/mol. The molecular weight excluding hydrogens is 384 g/mol. The Kier molecular flexibility index (Phi) is 5.06. The van der Waals surface area contributed by atoms with Crippen LogP contribution < -0.4 is 10.0 Å². The monoisotopic (exact) mass is 395 g/mol. The van der Waals surface area contributed by atoms with E-state index in [1.165, 1.54) is 36.5 Å². The van der Waals surface area contributed by atoms with Crippen molar-refractivity contribution in [3.8, 4) is 0 Å². The third kappa shape index (κ3) is 3.92. The Morgan fingerprint density at radius 3 is 2.23 bits per heavy atom. The number of nitrogens with one attached hydrogen (secondary N) is 2. The second-order valence-corrected chi connectivity index (χ2v) is 7.25. The number of hydrogen-bond acceptors (Lipinski definition) is 4. The smallest absolute Gasteiger partial charge is 0.264 e. The van der Waals surface area contributed by atoms with Gasteiger partial charge in [-0.2, -0.15) is 0 Å². The maximum atomic E-state index is 13.6. The van der Waals surface area contributed by atoms with Gasteiger partial charge in [-0.25, -0.2) is 22.2 Å². The topological polar surface area (TPSA) is 71.1 Å². The summed E-state index contributed by atoms with van der Waals surface area (Å²) in [7, 11) is -3.91. The minimum Gasteiger partial charge on any atom is -0.349 e. The summed E-state index contributed by atoms with van der Waals surface area (Å²) in [4.78, 5) is 3.85. The van der Waals surface area contributed by atoms with E-state index in [9.17, 15) is 17.2 Å². The molecule has 134 valence electrons. The Hall–Kier alpha value is -2.71. The summed E-state index contributed by atoms with van der Waals surface area (Å²) < 4.78 is 54.2. The molecular formula is C17H12ClF2N3O2S. The standard InChI is InChI=1S/C17H12ClF2N3O2S/c18-12-4-1-2-7-15(12)26(24,25)23-16-9-8-11(10-21-16)22-17-13(19)5-3-6-14(17)20/h1-10,22H,(H,21,23). The molecule has 0 atom stereocenters. The number of aromatic nitrogens is 1. The van der Waals surface area contributed by atoms with Crippen LogP contribution in [0.5, 0.6) is 0 Å². The van der Waals surface area contributed by atoms with Crippen LogP contribution in [0.2, 0.25) is 5.02 Å². The molecule has 5 nitrogen and oxygen atoms in total. The van der Waals surface area contributed by atoms with Gasteiger partial charge in [-0.3, -0.25) is 4.72 Å². The first-order chi connectivity index (χ1) is 12.4. The van der Waals surface area contributed by atoms with Crippen molar-refractivity contribution >= 4 is 38.8 Å². The minimum absolute atomic E-state index is 0.0319. The van der Waals surface area contributed by atoms with Gasteiger partial charge in [0.1, 0.15) is 28.0 Å². The summed E-state index contributed by atoms with van der Waals surface area (Å²) >= 11 is 5.90. The molecule has 0 bridgehead atoms. The van der Waals surface area contributed by atoms with Gasteiger partial charge in [0.2, 0.25) is 0 Å². The van der Waals surface area contributed by atoms with Crippen molar-refractivity contribution in [1.29, 1.82) is 0 Å². The average molecular weight is 396 g/mol. The Labute approximate surface area is 153 Å². The van der Waals surface area contributed by atoms with Crippen molar-refractivity contribution in [2.45, 2.75) is 4.90 Å². The molecule has 1 heterocycles. The normalized spacial score (nSPS) is 11.2. The second kappa shape index (κ2) is 7.27. The van der Waals surface area contributed by atoms with E-state index in [4.69, 9.17) is 11.6 Å². The molecule has 3 aromatic rings. The number of pyridine rings is 1. The van der Waals surface area contributed by atoms with Gasteiger partial charge in [0, 0.05) is 0 Å². The van der Waals surface area contributed by atoms with Crippen LogP contribution in [0.25, 0.3) is 0 Å². The molecule has 0 saturated carbocycles. The van der Waals surface area contributed by atoms with Crippen LogP contribution in [0.1, 0.15) is 0 Å². The molecule has 0 amide bonds. The van der Waals surface area contributed by atoms with Crippen molar-refractivity contribution in [2.75, 3.05) is 10.0 Å². The molecule has 0 fully saturated rings. The summed E-state index contributed by atoms with van der Waals surface area (Å²) in [6.45, 7) is 0. The third-order valence-corrected chi connectivity index (χ3v) is 5.22. The van der Waals surface area contributed by atoms with Crippen molar-refractivity contribution in [3.05, 3.63) is 77.5 Å². The van der Waals surface area contributed by atoms with Gasteiger partial charge in [0.25, 0.3) is 10.0 Å². The Morgan fingerprint density at radius 1 is 0.923 bits per heavy atom. The number of rotatable bonds is 5. The quantitative estimate of drug-likeness (QED) is 0.664. The summed E-state index contributed by atoms with van der Waals surface area (Å²) in [5, 5.41) is 2.64. The molecule has 0 radical (unpaired) electrons. The lowest BCUT2D eigenvalue weighted by Crippen LogP contribution is -2.14. The Morgan fingerprint density at radius 2 is 1.62 bits per heavy atom. The highest BCUT2D eigenvalue weighted by Gasteiger charge is 2.18. The zero-order valence-corrected chi connectivity index (χ0v) is 14.7. The first-order valence-electron chi connectivity index (χ1n) is 7.31.